The van der Waals surface area contributed by atoms with Crippen LogP contribution >= 0.6 is 0 Å². The van der Waals surface area contributed by atoms with Crippen molar-refractivity contribution in [2.45, 2.75) is 6.04 Å². The second-order valence-electron chi connectivity index (χ2n) is 2.20. The number of carboxylic acid groups (broad SMARTS) is 1. The molecular weight excluding hydrogens is 163 g/mol. The molecule has 3 N–H and O–H groups in total. The van der Waals surface area contributed by atoms with Crippen LogP contribution in [0.4, 0.5) is 4.39 Å². The van der Waals surface area contributed by atoms with E-state index in [-0.39, 0.29) is 5.56 Å². The summed E-state index contributed by atoms with van der Waals surface area (Å²) in [5.74, 6) is -2.12. The lowest BCUT2D eigenvalue weighted by Crippen LogP contribution is -2.22. The molecule has 64 valence electrons. The Bertz CT molecular complexity index is 303. The fraction of sp³-hybridized carbons (Fsp3) is 0.143. The highest BCUT2D eigenvalue weighted by atomic mass is 19.1. The van der Waals surface area contributed by atoms with Crippen LogP contribution in [0.5, 0.6) is 0 Å². The minimum atomic E-state index is -1.35. The maximum atomic E-state index is 12.7. The molecule has 0 amide bonds. The fourth-order valence-corrected chi connectivity index (χ4v) is 0.763. The maximum Gasteiger partial charge on any atom is 0.325 e. The maximum absolute atomic E-state index is 12.7. The molecule has 0 radical (unpaired) electrons. The first-order chi connectivity index (χ1) is 5.63. The molecule has 4 nitrogen and oxygen atoms in total. The van der Waals surface area contributed by atoms with Gasteiger partial charge in [-0.1, -0.05) is 6.07 Å². The van der Waals surface area contributed by atoms with E-state index in [1.54, 1.807) is 0 Å². The van der Waals surface area contributed by atoms with Gasteiger partial charge in [0.2, 0.25) is 5.95 Å². The minimum Gasteiger partial charge on any atom is -0.480 e. The predicted molar refractivity (Wildman–Crippen MR) is 38.8 cm³/mol. The number of nitrogens with zero attached hydrogens (tertiary/aromatic N) is 1. The van der Waals surface area contributed by atoms with Crippen LogP contribution in [0, 0.1) is 5.95 Å². The second-order valence-corrected chi connectivity index (χ2v) is 2.20. The summed E-state index contributed by atoms with van der Waals surface area (Å²) < 4.78 is 12.7. The van der Waals surface area contributed by atoms with E-state index < -0.39 is 18.0 Å². The first-order valence-corrected chi connectivity index (χ1v) is 3.21. The molecule has 1 aromatic heterocycles. The summed E-state index contributed by atoms with van der Waals surface area (Å²) in [6.07, 6.45) is 1.23. The Morgan fingerprint density at radius 2 is 2.42 bits per heavy atom. The number of rotatable bonds is 2. The lowest BCUT2D eigenvalue weighted by molar-refractivity contribution is -0.138. The van der Waals surface area contributed by atoms with Gasteiger partial charge in [0.25, 0.3) is 0 Å². The number of pyridine rings is 1. The summed E-state index contributed by atoms with van der Waals surface area (Å²) in [7, 11) is 0. The number of halogens is 1. The second kappa shape index (κ2) is 3.27. The van der Waals surface area contributed by atoms with Crippen LogP contribution in [0.15, 0.2) is 18.3 Å². The Hall–Kier alpha value is -1.49. The Morgan fingerprint density at radius 1 is 1.75 bits per heavy atom. The van der Waals surface area contributed by atoms with Crippen molar-refractivity contribution in [1.29, 1.82) is 0 Å². The van der Waals surface area contributed by atoms with Crippen molar-refractivity contribution in [2.75, 3.05) is 0 Å². The molecule has 1 aromatic rings. The van der Waals surface area contributed by atoms with E-state index in [2.05, 4.69) is 4.98 Å². The molecule has 0 bridgehead atoms. The topological polar surface area (TPSA) is 76.2 Å². The third-order valence-electron chi connectivity index (χ3n) is 1.39. The average Bonchev–Trinajstić information content (AvgIpc) is 2.04. The van der Waals surface area contributed by atoms with E-state index >= 15 is 0 Å². The molecule has 0 aliphatic rings. The van der Waals surface area contributed by atoms with Gasteiger partial charge in [0, 0.05) is 11.8 Å². The minimum absolute atomic E-state index is 0.106. The lowest BCUT2D eigenvalue weighted by atomic mass is 10.1. The SMILES string of the molecule is N[C@@H](C(=O)O)c1cccnc1F. The van der Waals surface area contributed by atoms with Crippen LogP contribution in [0.2, 0.25) is 0 Å². The van der Waals surface area contributed by atoms with Gasteiger partial charge in [-0.25, -0.2) is 4.98 Å². The van der Waals surface area contributed by atoms with Gasteiger partial charge >= 0.3 is 5.97 Å². The van der Waals surface area contributed by atoms with E-state index in [9.17, 15) is 9.18 Å². The Balaban J connectivity index is 3.02. The molecule has 0 saturated carbocycles. The first-order valence-electron chi connectivity index (χ1n) is 3.21. The number of hydrogen-bond donors (Lipinski definition) is 2. The summed E-state index contributed by atoms with van der Waals surface area (Å²) in [6, 6.07) is 1.38. The van der Waals surface area contributed by atoms with Crippen molar-refractivity contribution >= 4 is 5.97 Å². The summed E-state index contributed by atoms with van der Waals surface area (Å²) in [5, 5.41) is 8.44. The van der Waals surface area contributed by atoms with Crippen molar-refractivity contribution in [2.24, 2.45) is 5.73 Å². The van der Waals surface area contributed by atoms with Crippen molar-refractivity contribution < 1.29 is 14.3 Å². The molecule has 5 heteroatoms. The van der Waals surface area contributed by atoms with Gasteiger partial charge in [-0.15, -0.1) is 0 Å². The van der Waals surface area contributed by atoms with Gasteiger partial charge in [-0.05, 0) is 6.07 Å². The zero-order chi connectivity index (χ0) is 9.14. The monoisotopic (exact) mass is 170 g/mol. The van der Waals surface area contributed by atoms with Gasteiger partial charge < -0.3 is 10.8 Å². The highest BCUT2D eigenvalue weighted by molar-refractivity contribution is 5.75. The van der Waals surface area contributed by atoms with Crippen molar-refractivity contribution in [1.82, 2.24) is 4.98 Å². The zero-order valence-corrected chi connectivity index (χ0v) is 6.07. The van der Waals surface area contributed by atoms with E-state index in [0.29, 0.717) is 0 Å². The smallest absolute Gasteiger partial charge is 0.325 e. The molecule has 0 aromatic carbocycles. The summed E-state index contributed by atoms with van der Waals surface area (Å²) >= 11 is 0. The van der Waals surface area contributed by atoms with E-state index in [4.69, 9.17) is 10.8 Å². The molecule has 1 heterocycles. The third kappa shape index (κ3) is 1.57. The molecule has 12 heavy (non-hydrogen) atoms. The summed E-state index contributed by atoms with van der Waals surface area (Å²) in [6.45, 7) is 0. The molecule has 0 saturated heterocycles. The number of carbonyl (C=O) groups is 1. The normalized spacial score (nSPS) is 12.5. The largest absolute Gasteiger partial charge is 0.480 e. The van der Waals surface area contributed by atoms with E-state index in [1.165, 1.54) is 18.3 Å². The molecular formula is C7H7FN2O2. The van der Waals surface area contributed by atoms with Crippen LogP contribution < -0.4 is 5.73 Å². The molecule has 0 fully saturated rings. The number of aromatic nitrogens is 1. The van der Waals surface area contributed by atoms with Gasteiger partial charge in [0.15, 0.2) is 0 Å². The van der Waals surface area contributed by atoms with Gasteiger partial charge in [0.1, 0.15) is 6.04 Å². The van der Waals surface area contributed by atoms with Crippen LogP contribution in [0.3, 0.4) is 0 Å². The predicted octanol–water partition coefficient (Wildman–Crippen LogP) is 0.305. The number of hydrogen-bond acceptors (Lipinski definition) is 3. The average molecular weight is 170 g/mol. The van der Waals surface area contributed by atoms with Crippen molar-refractivity contribution in [3.8, 4) is 0 Å². The molecule has 0 aliphatic carbocycles. The Morgan fingerprint density at radius 3 is 2.92 bits per heavy atom. The van der Waals surface area contributed by atoms with Gasteiger partial charge in [0.05, 0.1) is 0 Å². The molecule has 1 rings (SSSR count). The van der Waals surface area contributed by atoms with Crippen molar-refractivity contribution in [3.05, 3.63) is 29.8 Å². The Kier molecular flexibility index (Phi) is 2.35. The van der Waals surface area contributed by atoms with Crippen LogP contribution in [-0.2, 0) is 4.79 Å². The quantitative estimate of drug-likeness (QED) is 0.626. The van der Waals surface area contributed by atoms with Gasteiger partial charge in [-0.3, -0.25) is 4.79 Å². The standard InChI is InChI=1S/C7H7FN2O2/c8-6-4(2-1-3-10-6)5(9)7(11)12/h1-3,5H,9H2,(H,11,12)/t5-/m1/s1. The first kappa shape index (κ1) is 8.61. The third-order valence-corrected chi connectivity index (χ3v) is 1.39. The van der Waals surface area contributed by atoms with Crippen LogP contribution in [-0.4, -0.2) is 16.1 Å². The van der Waals surface area contributed by atoms with E-state index in [0.717, 1.165) is 0 Å². The highest BCUT2D eigenvalue weighted by Crippen LogP contribution is 2.11. The fourth-order valence-electron chi connectivity index (χ4n) is 0.763. The van der Waals surface area contributed by atoms with E-state index in [1.807, 2.05) is 0 Å². The Labute approximate surface area is 67.8 Å². The summed E-state index contributed by atoms with van der Waals surface area (Å²) in [4.78, 5) is 13.6. The molecule has 0 aliphatic heterocycles. The molecule has 1 atom stereocenters. The number of nitrogens with two attached hydrogens (primary N) is 1. The molecule has 0 spiro atoms. The van der Waals surface area contributed by atoms with Crippen molar-refractivity contribution in [3.63, 3.8) is 0 Å². The van der Waals surface area contributed by atoms with Gasteiger partial charge in [-0.2, -0.15) is 4.39 Å². The van der Waals surface area contributed by atoms with Crippen LogP contribution in [0.1, 0.15) is 11.6 Å². The lowest BCUT2D eigenvalue weighted by Gasteiger charge is -2.05. The number of carboxylic acids is 1. The zero-order valence-electron chi connectivity index (χ0n) is 6.07. The van der Waals surface area contributed by atoms with Crippen LogP contribution in [0.25, 0.3) is 0 Å². The summed E-state index contributed by atoms with van der Waals surface area (Å²) in [5.41, 5.74) is 5.05. The highest BCUT2D eigenvalue weighted by Gasteiger charge is 2.18. The molecule has 0 unspecified atom stereocenters. The number of aliphatic carboxylic acids is 1.